The van der Waals surface area contributed by atoms with Crippen molar-refractivity contribution in [1.82, 2.24) is 4.98 Å². The molecule has 27 heavy (non-hydrogen) atoms. The largest absolute Gasteiger partial charge is 0.326 e. The Hall–Kier alpha value is -2.86. The molecule has 138 valence electrons. The number of aromatic nitrogens is 1. The summed E-state index contributed by atoms with van der Waals surface area (Å²) in [6, 6.07) is 20.8. The predicted molar refractivity (Wildman–Crippen MR) is 108 cm³/mol. The third kappa shape index (κ3) is 3.17. The first kappa shape index (κ1) is 17.5. The minimum atomic E-state index is -3.65. The lowest BCUT2D eigenvalue weighted by molar-refractivity contribution is 0.591. The molecule has 0 saturated heterocycles. The highest BCUT2D eigenvalue weighted by molar-refractivity contribution is 7.92. The summed E-state index contributed by atoms with van der Waals surface area (Å²) in [7, 11) is -3.65. The first-order chi connectivity index (χ1) is 13.1. The summed E-state index contributed by atoms with van der Waals surface area (Å²) < 4.78 is 27.5. The van der Waals surface area contributed by atoms with Crippen LogP contribution in [0.4, 0.5) is 17.2 Å². The van der Waals surface area contributed by atoms with Crippen molar-refractivity contribution in [3.63, 3.8) is 0 Å². The normalized spacial score (nSPS) is 13.4. The van der Waals surface area contributed by atoms with Crippen LogP contribution in [0.2, 0.25) is 0 Å². The number of hydrogen-bond donors (Lipinski definition) is 0. The lowest BCUT2D eigenvalue weighted by atomic mass is 10.2. The fourth-order valence-corrected chi connectivity index (χ4v) is 4.89. The molecule has 0 atom stereocenters. The van der Waals surface area contributed by atoms with Crippen LogP contribution < -0.4 is 9.21 Å². The van der Waals surface area contributed by atoms with Gasteiger partial charge in [0, 0.05) is 25.0 Å². The van der Waals surface area contributed by atoms with Gasteiger partial charge in [-0.15, -0.1) is 0 Å². The lowest BCUT2D eigenvalue weighted by Gasteiger charge is -2.23. The summed E-state index contributed by atoms with van der Waals surface area (Å²) in [4.78, 5) is 6.78. The molecule has 1 aliphatic heterocycles. The monoisotopic (exact) mass is 379 g/mol. The first-order valence-electron chi connectivity index (χ1n) is 9.00. The summed E-state index contributed by atoms with van der Waals surface area (Å²) in [5, 5.41) is 0. The third-order valence-corrected chi connectivity index (χ3v) is 6.69. The van der Waals surface area contributed by atoms with E-state index in [4.69, 9.17) is 0 Å². The molecule has 1 aliphatic rings. The van der Waals surface area contributed by atoms with E-state index >= 15 is 0 Å². The summed E-state index contributed by atoms with van der Waals surface area (Å²) in [5.41, 5.74) is 3.08. The average molecular weight is 379 g/mol. The van der Waals surface area contributed by atoms with Crippen LogP contribution in [0.3, 0.4) is 0 Å². The van der Waals surface area contributed by atoms with Crippen molar-refractivity contribution in [2.45, 2.75) is 18.2 Å². The number of para-hydroxylation sites is 2. The third-order valence-electron chi connectivity index (χ3n) is 4.80. The molecule has 0 unspecified atom stereocenters. The predicted octanol–water partition coefficient (Wildman–Crippen LogP) is 3.99. The van der Waals surface area contributed by atoms with E-state index in [1.54, 1.807) is 24.3 Å². The molecule has 0 spiro atoms. The Kier molecular flexibility index (Phi) is 4.58. The topological polar surface area (TPSA) is 53.5 Å². The molecule has 0 amide bonds. The van der Waals surface area contributed by atoms with Gasteiger partial charge in [-0.25, -0.2) is 13.4 Å². The van der Waals surface area contributed by atoms with Crippen molar-refractivity contribution < 1.29 is 8.42 Å². The molecule has 6 heteroatoms. The molecule has 5 nitrogen and oxygen atoms in total. The fraction of sp³-hybridized carbons (Fsp3) is 0.190. The maximum Gasteiger partial charge on any atom is 0.265 e. The number of sulfonamides is 1. The number of pyridine rings is 1. The zero-order valence-electron chi connectivity index (χ0n) is 15.1. The van der Waals surface area contributed by atoms with Crippen LogP contribution in [0.5, 0.6) is 0 Å². The molecule has 0 bridgehead atoms. The Bertz CT molecular complexity index is 1030. The Morgan fingerprint density at radius 2 is 1.74 bits per heavy atom. The summed E-state index contributed by atoms with van der Waals surface area (Å²) in [6.07, 6.45) is 2.42. The van der Waals surface area contributed by atoms with Crippen LogP contribution in [0, 0.1) is 0 Å². The highest BCUT2D eigenvalue weighted by Crippen LogP contribution is 2.33. The molecule has 2 aromatic carbocycles. The average Bonchev–Trinajstić information content (AvgIpc) is 3.13. The maximum atomic E-state index is 13.1. The Morgan fingerprint density at radius 1 is 1.00 bits per heavy atom. The lowest BCUT2D eigenvalue weighted by Crippen LogP contribution is -2.30. The van der Waals surface area contributed by atoms with Gasteiger partial charge in [0.25, 0.3) is 10.0 Å². The molecule has 0 saturated carbocycles. The van der Waals surface area contributed by atoms with Gasteiger partial charge in [-0.3, -0.25) is 4.31 Å². The fourth-order valence-electron chi connectivity index (χ4n) is 3.47. The van der Waals surface area contributed by atoms with E-state index in [-0.39, 0.29) is 4.90 Å². The molecule has 0 N–H and O–H groups in total. The molecule has 1 aromatic heterocycles. The molecule has 0 radical (unpaired) electrons. The second-order valence-electron chi connectivity index (χ2n) is 6.39. The van der Waals surface area contributed by atoms with Crippen LogP contribution in [-0.2, 0) is 16.4 Å². The molecular weight excluding hydrogens is 358 g/mol. The Labute approximate surface area is 159 Å². The van der Waals surface area contributed by atoms with Gasteiger partial charge in [-0.05, 0) is 49.2 Å². The molecule has 3 aromatic rings. The van der Waals surface area contributed by atoms with E-state index in [1.807, 2.05) is 37.3 Å². The van der Waals surface area contributed by atoms with Crippen LogP contribution in [0.25, 0.3) is 0 Å². The maximum absolute atomic E-state index is 13.1. The number of fused-ring (bicyclic) bond motifs is 1. The molecule has 4 rings (SSSR count). The van der Waals surface area contributed by atoms with Gasteiger partial charge in [-0.2, -0.15) is 0 Å². The van der Waals surface area contributed by atoms with E-state index in [0.29, 0.717) is 12.2 Å². The van der Waals surface area contributed by atoms with Crippen molar-refractivity contribution in [1.29, 1.82) is 0 Å². The molecular formula is C21H21N3O2S. The summed E-state index contributed by atoms with van der Waals surface area (Å²) >= 11 is 0. The highest BCUT2D eigenvalue weighted by atomic mass is 32.2. The van der Waals surface area contributed by atoms with E-state index < -0.39 is 10.0 Å². The second-order valence-corrected chi connectivity index (χ2v) is 8.25. The highest BCUT2D eigenvalue weighted by Gasteiger charge is 2.25. The van der Waals surface area contributed by atoms with Crippen LogP contribution in [0.1, 0.15) is 12.5 Å². The smallest absolute Gasteiger partial charge is 0.265 e. The van der Waals surface area contributed by atoms with Crippen LogP contribution in [-0.4, -0.2) is 26.5 Å². The Balaban J connectivity index is 1.64. The van der Waals surface area contributed by atoms with Crippen molar-refractivity contribution in [3.8, 4) is 0 Å². The zero-order chi connectivity index (χ0) is 18.9. The summed E-state index contributed by atoms with van der Waals surface area (Å²) in [5.74, 6) is 0.765. The molecule has 0 aliphatic carbocycles. The number of hydrogen-bond acceptors (Lipinski definition) is 4. The van der Waals surface area contributed by atoms with Gasteiger partial charge in [0.2, 0.25) is 0 Å². The SMILES string of the molecule is CCN(c1ccccc1)S(=O)(=O)c1ccc(N2CCc3ccccc32)nc1. The molecule has 2 heterocycles. The second kappa shape index (κ2) is 7.04. The van der Waals surface area contributed by atoms with E-state index in [9.17, 15) is 8.42 Å². The zero-order valence-corrected chi connectivity index (χ0v) is 15.9. The van der Waals surface area contributed by atoms with Gasteiger partial charge in [-0.1, -0.05) is 36.4 Å². The van der Waals surface area contributed by atoms with E-state index in [2.05, 4.69) is 22.0 Å². The number of anilines is 3. The van der Waals surface area contributed by atoms with Crippen LogP contribution >= 0.6 is 0 Å². The number of nitrogens with zero attached hydrogens (tertiary/aromatic N) is 3. The minimum Gasteiger partial charge on any atom is -0.326 e. The first-order valence-corrected chi connectivity index (χ1v) is 10.4. The van der Waals surface area contributed by atoms with Gasteiger partial charge in [0.05, 0.1) is 5.69 Å². The van der Waals surface area contributed by atoms with Gasteiger partial charge in [0.1, 0.15) is 10.7 Å². The quantitative estimate of drug-likeness (QED) is 0.673. The van der Waals surface area contributed by atoms with Gasteiger partial charge in [0.15, 0.2) is 0 Å². The van der Waals surface area contributed by atoms with Gasteiger partial charge >= 0.3 is 0 Å². The minimum absolute atomic E-state index is 0.199. The molecule has 0 fully saturated rings. The van der Waals surface area contributed by atoms with Crippen molar-refractivity contribution >= 4 is 27.2 Å². The van der Waals surface area contributed by atoms with Crippen molar-refractivity contribution in [2.24, 2.45) is 0 Å². The van der Waals surface area contributed by atoms with Crippen molar-refractivity contribution in [3.05, 3.63) is 78.5 Å². The Morgan fingerprint density at radius 3 is 2.44 bits per heavy atom. The van der Waals surface area contributed by atoms with Gasteiger partial charge < -0.3 is 4.90 Å². The standard InChI is InChI=1S/C21H21N3O2S/c1-2-24(18-9-4-3-5-10-18)27(25,26)19-12-13-21(22-16-19)23-15-14-17-8-6-7-11-20(17)23/h3-13,16H,2,14-15H2,1H3. The van der Waals surface area contributed by atoms with E-state index in [0.717, 1.165) is 24.5 Å². The number of rotatable bonds is 5. The van der Waals surface area contributed by atoms with Crippen molar-refractivity contribution in [2.75, 3.05) is 22.3 Å². The van der Waals surface area contributed by atoms with Crippen LogP contribution in [0.15, 0.2) is 77.8 Å². The number of benzene rings is 2. The van der Waals surface area contributed by atoms with E-state index in [1.165, 1.54) is 16.1 Å². The summed E-state index contributed by atoms with van der Waals surface area (Å²) in [6.45, 7) is 3.03.